The Bertz CT molecular complexity index is 401. The molecular weight excluding hydrogens is 218 g/mol. The van der Waals surface area contributed by atoms with Crippen molar-refractivity contribution in [3.05, 3.63) is 29.8 Å². The second-order valence-corrected chi connectivity index (χ2v) is 4.36. The van der Waals surface area contributed by atoms with Crippen LogP contribution in [0.4, 0.5) is 5.69 Å². The lowest BCUT2D eigenvalue weighted by atomic mass is 10.00. The summed E-state index contributed by atoms with van der Waals surface area (Å²) in [6, 6.07) is 7.79. The van der Waals surface area contributed by atoms with Crippen molar-refractivity contribution in [2.45, 2.75) is 12.8 Å². The van der Waals surface area contributed by atoms with Crippen molar-refractivity contribution in [2.24, 2.45) is 5.92 Å². The van der Waals surface area contributed by atoms with Gasteiger partial charge in [0.25, 0.3) is 0 Å². The predicted molar refractivity (Wildman–Crippen MR) is 64.8 cm³/mol. The summed E-state index contributed by atoms with van der Waals surface area (Å²) < 4.78 is 0. The predicted octanol–water partition coefficient (Wildman–Crippen LogP) is 0.567. The minimum Gasteiger partial charge on any atom is -0.396 e. The number of benzene rings is 1. The third kappa shape index (κ3) is 2.48. The fourth-order valence-electron chi connectivity index (χ4n) is 2.13. The molecule has 4 heteroatoms. The standard InChI is InChI=1S/C13H17NO3/c15-8-10(9-16)7-14-12-4-2-1-3-11(12)5-6-13(14)17/h1-4,10,15-16H,5-9H2. The van der Waals surface area contributed by atoms with Crippen LogP contribution in [0.2, 0.25) is 0 Å². The summed E-state index contributed by atoms with van der Waals surface area (Å²) in [6.07, 6.45) is 1.27. The molecule has 2 N–H and O–H groups in total. The summed E-state index contributed by atoms with van der Waals surface area (Å²) in [7, 11) is 0. The molecule has 2 rings (SSSR count). The van der Waals surface area contributed by atoms with Crippen molar-refractivity contribution < 1.29 is 15.0 Å². The number of aliphatic hydroxyl groups is 2. The highest BCUT2D eigenvalue weighted by Gasteiger charge is 2.25. The molecule has 0 fully saturated rings. The smallest absolute Gasteiger partial charge is 0.227 e. The SMILES string of the molecule is O=C1CCc2ccccc2N1CC(CO)CO. The molecule has 1 aliphatic rings. The average molecular weight is 235 g/mol. The number of hydrogen-bond acceptors (Lipinski definition) is 3. The van der Waals surface area contributed by atoms with Crippen LogP contribution in [0.3, 0.4) is 0 Å². The van der Waals surface area contributed by atoms with Crippen LogP contribution in [-0.2, 0) is 11.2 Å². The number of fused-ring (bicyclic) bond motifs is 1. The summed E-state index contributed by atoms with van der Waals surface area (Å²) >= 11 is 0. The average Bonchev–Trinajstić information content (AvgIpc) is 2.38. The van der Waals surface area contributed by atoms with Gasteiger partial charge in [0, 0.05) is 37.8 Å². The van der Waals surface area contributed by atoms with E-state index in [2.05, 4.69) is 0 Å². The van der Waals surface area contributed by atoms with Gasteiger partial charge in [-0.2, -0.15) is 0 Å². The number of anilines is 1. The molecule has 1 aliphatic heterocycles. The zero-order valence-corrected chi connectivity index (χ0v) is 9.67. The number of nitrogens with zero attached hydrogens (tertiary/aromatic N) is 1. The Morgan fingerprint density at radius 3 is 2.59 bits per heavy atom. The molecular formula is C13H17NO3. The maximum Gasteiger partial charge on any atom is 0.227 e. The van der Waals surface area contributed by atoms with Crippen LogP contribution in [0.25, 0.3) is 0 Å². The summed E-state index contributed by atoms with van der Waals surface area (Å²) in [5.41, 5.74) is 2.07. The van der Waals surface area contributed by atoms with Gasteiger partial charge in [-0.15, -0.1) is 0 Å². The molecule has 1 amide bonds. The molecule has 92 valence electrons. The summed E-state index contributed by atoms with van der Waals surface area (Å²) in [5.74, 6) is -0.208. The molecule has 0 spiro atoms. The van der Waals surface area contributed by atoms with Crippen molar-refractivity contribution in [1.82, 2.24) is 0 Å². The summed E-state index contributed by atoms with van der Waals surface area (Å²) in [4.78, 5) is 13.6. The molecule has 0 saturated heterocycles. The Morgan fingerprint density at radius 2 is 1.88 bits per heavy atom. The molecule has 0 bridgehead atoms. The number of aryl methyl sites for hydroxylation is 1. The quantitative estimate of drug-likeness (QED) is 0.802. The molecule has 0 radical (unpaired) electrons. The van der Waals surface area contributed by atoms with Gasteiger partial charge in [-0.3, -0.25) is 4.79 Å². The maximum atomic E-state index is 11.9. The lowest BCUT2D eigenvalue weighted by molar-refractivity contribution is -0.119. The van der Waals surface area contributed by atoms with Crippen LogP contribution in [-0.4, -0.2) is 35.9 Å². The Labute approximate surface area is 100 Å². The monoisotopic (exact) mass is 235 g/mol. The maximum absolute atomic E-state index is 11.9. The van der Waals surface area contributed by atoms with E-state index in [1.807, 2.05) is 24.3 Å². The summed E-state index contributed by atoms with van der Waals surface area (Å²) in [5, 5.41) is 18.2. The molecule has 0 aromatic heterocycles. The van der Waals surface area contributed by atoms with E-state index >= 15 is 0 Å². The highest BCUT2D eigenvalue weighted by atomic mass is 16.3. The van der Waals surface area contributed by atoms with Crippen molar-refractivity contribution in [3.63, 3.8) is 0 Å². The van der Waals surface area contributed by atoms with Crippen LogP contribution >= 0.6 is 0 Å². The summed E-state index contributed by atoms with van der Waals surface area (Å²) in [6.45, 7) is 0.160. The van der Waals surface area contributed by atoms with Crippen molar-refractivity contribution >= 4 is 11.6 Å². The number of amides is 1. The molecule has 4 nitrogen and oxygen atoms in total. The highest BCUT2D eigenvalue weighted by Crippen LogP contribution is 2.27. The van der Waals surface area contributed by atoms with E-state index in [9.17, 15) is 4.79 Å². The first-order valence-corrected chi connectivity index (χ1v) is 5.86. The molecule has 1 heterocycles. The Hall–Kier alpha value is -1.39. The Kier molecular flexibility index (Phi) is 3.76. The molecule has 0 atom stereocenters. The Balaban J connectivity index is 2.23. The van der Waals surface area contributed by atoms with Gasteiger partial charge in [-0.05, 0) is 18.1 Å². The number of para-hydroxylation sites is 1. The highest BCUT2D eigenvalue weighted by molar-refractivity contribution is 5.96. The van der Waals surface area contributed by atoms with Gasteiger partial charge in [0.15, 0.2) is 0 Å². The van der Waals surface area contributed by atoms with Gasteiger partial charge in [0.1, 0.15) is 0 Å². The van der Waals surface area contributed by atoms with Gasteiger partial charge in [0.2, 0.25) is 5.91 Å². The second-order valence-electron chi connectivity index (χ2n) is 4.36. The third-order valence-electron chi connectivity index (χ3n) is 3.15. The van der Waals surface area contributed by atoms with Crippen LogP contribution < -0.4 is 4.90 Å². The number of rotatable bonds is 4. The number of carbonyl (C=O) groups excluding carboxylic acids is 1. The number of hydrogen-bond donors (Lipinski definition) is 2. The topological polar surface area (TPSA) is 60.8 Å². The molecule has 0 saturated carbocycles. The van der Waals surface area contributed by atoms with Crippen molar-refractivity contribution in [2.75, 3.05) is 24.7 Å². The van der Waals surface area contributed by atoms with E-state index in [-0.39, 0.29) is 25.0 Å². The van der Waals surface area contributed by atoms with E-state index < -0.39 is 0 Å². The third-order valence-corrected chi connectivity index (χ3v) is 3.15. The molecule has 1 aromatic rings. The van der Waals surface area contributed by atoms with Crippen LogP contribution in [0.1, 0.15) is 12.0 Å². The van der Waals surface area contributed by atoms with E-state index in [1.165, 1.54) is 0 Å². The second kappa shape index (κ2) is 5.29. The zero-order valence-electron chi connectivity index (χ0n) is 9.67. The molecule has 1 aromatic carbocycles. The van der Waals surface area contributed by atoms with E-state index in [4.69, 9.17) is 10.2 Å². The zero-order chi connectivity index (χ0) is 12.3. The minimum absolute atomic E-state index is 0.0654. The minimum atomic E-state index is -0.273. The lowest BCUT2D eigenvalue weighted by Gasteiger charge is -2.31. The normalized spacial score (nSPS) is 15.2. The molecule has 17 heavy (non-hydrogen) atoms. The molecule has 0 aliphatic carbocycles. The van der Waals surface area contributed by atoms with Gasteiger partial charge in [-0.1, -0.05) is 18.2 Å². The fraction of sp³-hybridized carbons (Fsp3) is 0.462. The van der Waals surface area contributed by atoms with Gasteiger partial charge >= 0.3 is 0 Å². The van der Waals surface area contributed by atoms with E-state index in [0.717, 1.165) is 17.7 Å². The molecule has 0 unspecified atom stereocenters. The first kappa shape index (κ1) is 12.1. The Morgan fingerprint density at radius 1 is 1.18 bits per heavy atom. The van der Waals surface area contributed by atoms with Crippen molar-refractivity contribution in [3.8, 4) is 0 Å². The van der Waals surface area contributed by atoms with Crippen LogP contribution in [0.15, 0.2) is 24.3 Å². The first-order chi connectivity index (χ1) is 8.26. The van der Waals surface area contributed by atoms with Crippen LogP contribution in [0, 0.1) is 5.92 Å². The first-order valence-electron chi connectivity index (χ1n) is 5.86. The van der Waals surface area contributed by atoms with Gasteiger partial charge < -0.3 is 15.1 Å². The van der Waals surface area contributed by atoms with Crippen molar-refractivity contribution in [1.29, 1.82) is 0 Å². The van der Waals surface area contributed by atoms with E-state index in [0.29, 0.717) is 13.0 Å². The van der Waals surface area contributed by atoms with E-state index in [1.54, 1.807) is 4.90 Å². The number of carbonyl (C=O) groups is 1. The van der Waals surface area contributed by atoms with Gasteiger partial charge in [0.05, 0.1) is 0 Å². The number of aliphatic hydroxyl groups excluding tert-OH is 2. The fourth-order valence-corrected chi connectivity index (χ4v) is 2.13. The van der Waals surface area contributed by atoms with Gasteiger partial charge in [-0.25, -0.2) is 0 Å². The largest absolute Gasteiger partial charge is 0.396 e. The lowest BCUT2D eigenvalue weighted by Crippen LogP contribution is -2.40. The van der Waals surface area contributed by atoms with Crippen LogP contribution in [0.5, 0.6) is 0 Å².